The van der Waals surface area contributed by atoms with Crippen LogP contribution in [0.4, 0.5) is 4.79 Å². The molecule has 0 aromatic carbocycles. The van der Waals surface area contributed by atoms with Crippen molar-refractivity contribution in [2.45, 2.75) is 19.3 Å². The first-order valence-corrected chi connectivity index (χ1v) is 3.83. The van der Waals surface area contributed by atoms with Crippen molar-refractivity contribution in [3.05, 3.63) is 0 Å². The lowest BCUT2D eigenvalue weighted by Crippen LogP contribution is -2.46. The highest BCUT2D eigenvalue weighted by atomic mass is 16.4. The molecule has 2 amide bonds. The van der Waals surface area contributed by atoms with Gasteiger partial charge < -0.3 is 15.9 Å². The lowest BCUT2D eigenvalue weighted by molar-refractivity contribution is -0.137. The molecule has 0 atom stereocenters. The highest BCUT2D eigenvalue weighted by Gasteiger charge is 1.93. The van der Waals surface area contributed by atoms with Crippen molar-refractivity contribution < 1.29 is 19.8 Å². The van der Waals surface area contributed by atoms with E-state index in [1.54, 1.807) is 0 Å². The number of amides is 2. The van der Waals surface area contributed by atoms with Crippen molar-refractivity contribution in [2.24, 2.45) is 17.4 Å². The van der Waals surface area contributed by atoms with Crippen molar-refractivity contribution in [3.63, 3.8) is 0 Å². The van der Waals surface area contributed by atoms with Crippen molar-refractivity contribution in [1.82, 2.24) is 5.12 Å². The molecule has 0 radical (unpaired) electrons. The van der Waals surface area contributed by atoms with E-state index in [1.807, 2.05) is 0 Å². The number of aliphatic hydroxyl groups is 1. The van der Waals surface area contributed by atoms with E-state index in [0.29, 0.717) is 18.0 Å². The number of aliphatic carboxylic acids is 1. The first-order chi connectivity index (χ1) is 6.41. The van der Waals surface area contributed by atoms with Crippen LogP contribution in [0.2, 0.25) is 0 Å². The van der Waals surface area contributed by atoms with Gasteiger partial charge >= 0.3 is 12.0 Å². The van der Waals surface area contributed by atoms with Crippen LogP contribution < -0.4 is 17.4 Å². The second kappa shape index (κ2) is 9.71. The molecule has 0 aliphatic heterocycles. The molecule has 0 bridgehead atoms. The van der Waals surface area contributed by atoms with E-state index in [9.17, 15) is 9.59 Å². The summed E-state index contributed by atoms with van der Waals surface area (Å²) in [5.41, 5.74) is 4.47. The zero-order valence-electron chi connectivity index (χ0n) is 7.72. The lowest BCUT2D eigenvalue weighted by Gasteiger charge is -2.00. The van der Waals surface area contributed by atoms with Crippen LogP contribution in [0.1, 0.15) is 19.3 Å². The second-order valence-electron chi connectivity index (χ2n) is 2.32. The number of carboxylic acid groups (broad SMARTS) is 1. The Kier molecular flexibility index (Phi) is 10.5. The number of nitrogens with zero attached hydrogens (tertiary/aromatic N) is 1. The van der Waals surface area contributed by atoms with E-state index in [1.165, 1.54) is 0 Å². The monoisotopic (exact) mass is 208 g/mol. The van der Waals surface area contributed by atoms with Gasteiger partial charge in [0.25, 0.3) is 0 Å². The molecule has 0 aliphatic rings. The van der Waals surface area contributed by atoms with E-state index in [0.717, 1.165) is 0 Å². The molecule has 0 unspecified atom stereocenters. The summed E-state index contributed by atoms with van der Waals surface area (Å²) in [7, 11) is 0. The van der Waals surface area contributed by atoms with E-state index >= 15 is 0 Å². The Morgan fingerprint density at radius 1 is 1.21 bits per heavy atom. The Morgan fingerprint density at radius 2 is 1.64 bits per heavy atom. The van der Waals surface area contributed by atoms with E-state index in [-0.39, 0.29) is 13.0 Å². The van der Waals surface area contributed by atoms with Crippen LogP contribution in [0.25, 0.3) is 0 Å². The third kappa shape index (κ3) is 16.9. The van der Waals surface area contributed by atoms with Crippen LogP contribution in [0.3, 0.4) is 0 Å². The Balaban J connectivity index is 0. The first kappa shape index (κ1) is 15.1. The van der Waals surface area contributed by atoms with Gasteiger partial charge in [0.2, 0.25) is 0 Å². The van der Waals surface area contributed by atoms with Gasteiger partial charge in [0.1, 0.15) is 0 Å². The lowest BCUT2D eigenvalue weighted by atomic mass is 10.2. The van der Waals surface area contributed by atoms with Crippen molar-refractivity contribution >= 4 is 12.0 Å². The molecule has 0 spiro atoms. The summed E-state index contributed by atoms with van der Waals surface area (Å²) < 4.78 is 0. The number of unbranched alkanes of at least 4 members (excludes halogenated alkanes) is 1. The van der Waals surface area contributed by atoms with Crippen molar-refractivity contribution in [2.75, 3.05) is 6.61 Å². The molecule has 8 heteroatoms. The number of carbonyl (C=O) groups is 2. The topological polar surface area (TPSA) is 156 Å². The number of rotatable bonds is 4. The molecule has 0 heterocycles. The maximum absolute atomic E-state index is 9.79. The smallest absolute Gasteiger partial charge is 0.343 e. The van der Waals surface area contributed by atoms with Gasteiger partial charge in [0.05, 0.1) is 0 Å². The zero-order chi connectivity index (χ0) is 11.6. The third-order valence-corrected chi connectivity index (χ3v) is 1.05. The van der Waals surface area contributed by atoms with Gasteiger partial charge in [0.15, 0.2) is 0 Å². The number of carbonyl (C=O) groups excluding carboxylic acids is 1. The highest BCUT2D eigenvalue weighted by Crippen LogP contribution is 1.92. The Labute approximate surface area is 81.2 Å². The fourth-order valence-corrected chi connectivity index (χ4v) is 0.388. The third-order valence-electron chi connectivity index (χ3n) is 1.05. The molecular weight excluding hydrogens is 192 g/mol. The summed E-state index contributed by atoms with van der Waals surface area (Å²) in [6.07, 6.45) is 1.33. The fourth-order valence-electron chi connectivity index (χ4n) is 0.388. The molecule has 0 saturated heterocycles. The summed E-state index contributed by atoms with van der Waals surface area (Å²) in [5.74, 6) is 8.35. The summed E-state index contributed by atoms with van der Waals surface area (Å²) in [6, 6.07) is -0.852. The molecular formula is C6H16N4O4. The summed E-state index contributed by atoms with van der Waals surface area (Å²) in [6.45, 7) is 0.0906. The van der Waals surface area contributed by atoms with Gasteiger partial charge in [-0.1, -0.05) is 0 Å². The van der Waals surface area contributed by atoms with Gasteiger partial charge in [-0.2, -0.15) is 5.12 Å². The van der Waals surface area contributed by atoms with E-state index in [4.69, 9.17) is 10.2 Å². The Morgan fingerprint density at radius 3 is 1.86 bits per heavy atom. The summed E-state index contributed by atoms with van der Waals surface area (Å²) in [5, 5.41) is 16.6. The van der Waals surface area contributed by atoms with Gasteiger partial charge in [-0.25, -0.2) is 16.5 Å². The number of hydrazine groups is 2. The van der Waals surface area contributed by atoms with Crippen LogP contribution in [-0.2, 0) is 4.79 Å². The highest BCUT2D eigenvalue weighted by molar-refractivity contribution is 5.70. The normalized spacial score (nSPS) is 8.50. The molecule has 0 aromatic rings. The number of hydrogen-bond acceptors (Lipinski definition) is 5. The van der Waals surface area contributed by atoms with Crippen LogP contribution in [0.15, 0.2) is 0 Å². The van der Waals surface area contributed by atoms with E-state index < -0.39 is 12.0 Å². The van der Waals surface area contributed by atoms with Crippen LogP contribution >= 0.6 is 0 Å². The average molecular weight is 208 g/mol. The standard InChI is InChI=1S/C5H10O3.CH6N4O/c6-4-2-1-3-5(7)8;2-1(6)5(3)4/h6H,1-4H2,(H,7,8);3-4H2,(H2,2,6). The fraction of sp³-hybridized carbons (Fsp3) is 0.667. The van der Waals surface area contributed by atoms with Gasteiger partial charge in [-0.3, -0.25) is 4.79 Å². The maximum atomic E-state index is 9.79. The average Bonchev–Trinajstić information content (AvgIpc) is 2.05. The largest absolute Gasteiger partial charge is 0.481 e. The van der Waals surface area contributed by atoms with Crippen LogP contribution in [0, 0.1) is 0 Å². The van der Waals surface area contributed by atoms with Crippen molar-refractivity contribution in [1.29, 1.82) is 0 Å². The molecule has 14 heavy (non-hydrogen) atoms. The molecule has 0 aliphatic carbocycles. The van der Waals surface area contributed by atoms with Gasteiger partial charge in [-0.15, -0.1) is 0 Å². The number of primary amides is 1. The minimum Gasteiger partial charge on any atom is -0.481 e. The molecule has 84 valence electrons. The predicted molar refractivity (Wildman–Crippen MR) is 48.4 cm³/mol. The number of hydrogen-bond donors (Lipinski definition) is 5. The summed E-state index contributed by atoms with van der Waals surface area (Å²) >= 11 is 0. The van der Waals surface area contributed by atoms with Crippen molar-refractivity contribution in [3.8, 4) is 0 Å². The number of urea groups is 1. The Bertz CT molecular complexity index is 173. The maximum Gasteiger partial charge on any atom is 0.343 e. The number of carboxylic acids is 1. The summed E-state index contributed by atoms with van der Waals surface area (Å²) in [4.78, 5) is 19.4. The van der Waals surface area contributed by atoms with Crippen LogP contribution in [0.5, 0.6) is 0 Å². The predicted octanol–water partition coefficient (Wildman–Crippen LogP) is -1.65. The van der Waals surface area contributed by atoms with Gasteiger partial charge in [-0.05, 0) is 12.8 Å². The first-order valence-electron chi connectivity index (χ1n) is 3.83. The number of aliphatic hydroxyl groups excluding tert-OH is 1. The quantitative estimate of drug-likeness (QED) is 0.161. The second-order valence-corrected chi connectivity index (χ2v) is 2.32. The van der Waals surface area contributed by atoms with E-state index in [2.05, 4.69) is 17.4 Å². The van der Waals surface area contributed by atoms with Gasteiger partial charge in [0, 0.05) is 13.0 Å². The molecule has 0 rings (SSSR count). The van der Waals surface area contributed by atoms with Crippen LogP contribution in [-0.4, -0.2) is 33.9 Å². The minimum absolute atomic E-state index is 0.0906. The number of nitrogens with two attached hydrogens (primary N) is 3. The molecule has 0 aromatic heterocycles. The SMILES string of the molecule is NC(=O)N(N)N.O=C(O)CCCCO. The Hall–Kier alpha value is -1.38. The molecule has 8 nitrogen and oxygen atoms in total. The minimum atomic E-state index is -0.852. The molecule has 0 saturated carbocycles. The molecule has 0 fully saturated rings. The molecule has 8 N–H and O–H groups in total. The zero-order valence-corrected chi connectivity index (χ0v) is 7.72.